The largest absolute Gasteiger partial charge is 0.497 e. The van der Waals surface area contributed by atoms with Gasteiger partial charge in [-0.1, -0.05) is 23.7 Å². The fourth-order valence-corrected chi connectivity index (χ4v) is 2.13. The molecule has 0 radical (unpaired) electrons. The topological polar surface area (TPSA) is 84.6 Å². The van der Waals surface area contributed by atoms with Crippen molar-refractivity contribution in [2.75, 3.05) is 19.0 Å². The van der Waals surface area contributed by atoms with Gasteiger partial charge in [-0.25, -0.2) is 0 Å². The molecular weight excluding hydrogens is 308 g/mol. The first-order valence-corrected chi connectivity index (χ1v) is 6.89. The summed E-state index contributed by atoms with van der Waals surface area (Å²) in [5.41, 5.74) is 0.856. The summed E-state index contributed by atoms with van der Waals surface area (Å²) in [5, 5.41) is 24.3. The van der Waals surface area contributed by atoms with Crippen LogP contribution in [0.4, 0.5) is 11.4 Å². The molecule has 1 unspecified atom stereocenters. The lowest BCUT2D eigenvalue weighted by molar-refractivity contribution is -0.384. The van der Waals surface area contributed by atoms with Crippen LogP contribution in [0, 0.1) is 10.1 Å². The van der Waals surface area contributed by atoms with Gasteiger partial charge in [0.25, 0.3) is 5.69 Å². The Morgan fingerprint density at radius 1 is 1.32 bits per heavy atom. The molecule has 2 aromatic carbocycles. The quantitative estimate of drug-likeness (QED) is 0.629. The monoisotopic (exact) mass is 322 g/mol. The Bertz CT molecular complexity index is 661. The molecule has 0 fully saturated rings. The second-order valence-corrected chi connectivity index (χ2v) is 5.02. The average molecular weight is 323 g/mol. The zero-order chi connectivity index (χ0) is 16.1. The van der Waals surface area contributed by atoms with Crippen LogP contribution in [0.5, 0.6) is 5.75 Å². The highest BCUT2D eigenvalue weighted by Crippen LogP contribution is 2.28. The van der Waals surface area contributed by atoms with Crippen molar-refractivity contribution >= 4 is 23.0 Å². The van der Waals surface area contributed by atoms with Gasteiger partial charge in [0.1, 0.15) is 11.4 Å². The second-order valence-electron chi connectivity index (χ2n) is 4.59. The molecule has 2 N–H and O–H groups in total. The molecule has 1 atom stereocenters. The predicted molar refractivity (Wildman–Crippen MR) is 84.5 cm³/mol. The minimum atomic E-state index is -0.815. The summed E-state index contributed by atoms with van der Waals surface area (Å²) in [4.78, 5) is 10.5. The third kappa shape index (κ3) is 3.87. The van der Waals surface area contributed by atoms with E-state index in [2.05, 4.69) is 5.32 Å². The highest BCUT2D eigenvalue weighted by Gasteiger charge is 2.15. The summed E-state index contributed by atoms with van der Waals surface area (Å²) in [6.45, 7) is 0.119. The van der Waals surface area contributed by atoms with Gasteiger partial charge in [0, 0.05) is 17.6 Å². The summed E-state index contributed by atoms with van der Waals surface area (Å²) in [5.74, 6) is 0.689. The van der Waals surface area contributed by atoms with Crippen LogP contribution in [0.2, 0.25) is 5.02 Å². The van der Waals surface area contributed by atoms with Gasteiger partial charge in [0.15, 0.2) is 0 Å². The molecule has 0 aliphatic heterocycles. The second kappa shape index (κ2) is 7.11. The van der Waals surface area contributed by atoms with Gasteiger partial charge in [-0.2, -0.15) is 0 Å². The van der Waals surface area contributed by atoms with E-state index in [1.54, 1.807) is 31.4 Å². The molecular formula is C15H15ClN2O4. The molecule has 0 saturated carbocycles. The molecule has 0 amide bonds. The highest BCUT2D eigenvalue weighted by atomic mass is 35.5. The SMILES string of the molecule is COc1ccc(C(O)CNc2cc(Cl)ccc2[N+](=O)[O-])cc1. The molecule has 0 saturated heterocycles. The van der Waals surface area contributed by atoms with Gasteiger partial charge in [-0.15, -0.1) is 0 Å². The molecule has 0 aliphatic rings. The first-order valence-electron chi connectivity index (χ1n) is 6.51. The molecule has 0 bridgehead atoms. The first-order chi connectivity index (χ1) is 10.5. The average Bonchev–Trinajstić information content (AvgIpc) is 2.52. The number of hydrogen-bond donors (Lipinski definition) is 2. The zero-order valence-electron chi connectivity index (χ0n) is 11.8. The molecule has 22 heavy (non-hydrogen) atoms. The summed E-state index contributed by atoms with van der Waals surface area (Å²) < 4.78 is 5.05. The molecule has 116 valence electrons. The van der Waals surface area contributed by atoms with Crippen molar-refractivity contribution in [1.82, 2.24) is 0 Å². The Kier molecular flexibility index (Phi) is 5.19. The maximum Gasteiger partial charge on any atom is 0.292 e. The summed E-state index contributed by atoms with van der Waals surface area (Å²) >= 11 is 5.85. The van der Waals surface area contributed by atoms with E-state index >= 15 is 0 Å². The van der Waals surface area contributed by atoms with E-state index in [1.165, 1.54) is 18.2 Å². The Hall–Kier alpha value is -2.31. The van der Waals surface area contributed by atoms with E-state index in [-0.39, 0.29) is 17.9 Å². The van der Waals surface area contributed by atoms with Crippen molar-refractivity contribution in [2.45, 2.75) is 6.10 Å². The number of hydrogen-bond acceptors (Lipinski definition) is 5. The number of nitrogens with one attached hydrogen (secondary N) is 1. The Balaban J connectivity index is 2.08. The van der Waals surface area contributed by atoms with Crippen LogP contribution in [0.3, 0.4) is 0 Å². The molecule has 0 aliphatic carbocycles. The molecule has 6 nitrogen and oxygen atoms in total. The van der Waals surface area contributed by atoms with Crippen LogP contribution in [0.15, 0.2) is 42.5 Å². The number of aliphatic hydroxyl groups is 1. The van der Waals surface area contributed by atoms with Crippen molar-refractivity contribution in [2.24, 2.45) is 0 Å². The summed E-state index contributed by atoms with van der Waals surface area (Å²) in [6.07, 6.45) is -0.815. The molecule has 0 aromatic heterocycles. The molecule has 0 spiro atoms. The standard InChI is InChI=1S/C15H15ClN2O4/c1-22-12-5-2-10(3-6-12)15(19)9-17-13-8-11(16)4-7-14(13)18(20)21/h2-8,15,17,19H,9H2,1H3. The smallest absolute Gasteiger partial charge is 0.292 e. The van der Waals surface area contributed by atoms with Crippen LogP contribution in [0.1, 0.15) is 11.7 Å². The van der Waals surface area contributed by atoms with Gasteiger partial charge in [0.05, 0.1) is 18.1 Å². The summed E-state index contributed by atoms with van der Waals surface area (Å²) in [6, 6.07) is 11.2. The van der Waals surface area contributed by atoms with Crippen molar-refractivity contribution < 1.29 is 14.8 Å². The number of methoxy groups -OCH3 is 1. The van der Waals surface area contributed by atoms with Crippen LogP contribution in [-0.4, -0.2) is 23.7 Å². The molecule has 2 rings (SSSR count). The van der Waals surface area contributed by atoms with Gasteiger partial charge < -0.3 is 15.2 Å². The summed E-state index contributed by atoms with van der Waals surface area (Å²) in [7, 11) is 1.56. The van der Waals surface area contributed by atoms with Gasteiger partial charge in [0.2, 0.25) is 0 Å². The number of anilines is 1. The normalized spacial score (nSPS) is 11.8. The number of ether oxygens (including phenoxy) is 1. The third-order valence-electron chi connectivity index (χ3n) is 3.14. The van der Waals surface area contributed by atoms with E-state index in [9.17, 15) is 15.2 Å². The molecule has 2 aromatic rings. The lowest BCUT2D eigenvalue weighted by Gasteiger charge is -2.14. The van der Waals surface area contributed by atoms with Crippen LogP contribution >= 0.6 is 11.6 Å². The zero-order valence-corrected chi connectivity index (χ0v) is 12.6. The van der Waals surface area contributed by atoms with E-state index in [4.69, 9.17) is 16.3 Å². The number of benzene rings is 2. The van der Waals surface area contributed by atoms with E-state index in [1.807, 2.05) is 0 Å². The first kappa shape index (κ1) is 16.1. The molecule has 0 heterocycles. The maximum atomic E-state index is 11.0. The lowest BCUT2D eigenvalue weighted by Crippen LogP contribution is -2.13. The van der Waals surface area contributed by atoms with Gasteiger partial charge in [-0.3, -0.25) is 10.1 Å². The minimum Gasteiger partial charge on any atom is -0.497 e. The van der Waals surface area contributed by atoms with Crippen LogP contribution in [-0.2, 0) is 0 Å². The van der Waals surface area contributed by atoms with Crippen LogP contribution < -0.4 is 10.1 Å². The Labute approximate surface area is 132 Å². The number of aliphatic hydroxyl groups excluding tert-OH is 1. The van der Waals surface area contributed by atoms with Crippen molar-refractivity contribution in [3.63, 3.8) is 0 Å². The lowest BCUT2D eigenvalue weighted by atomic mass is 10.1. The van der Waals surface area contributed by atoms with E-state index in [0.717, 1.165) is 0 Å². The van der Waals surface area contributed by atoms with Crippen molar-refractivity contribution in [3.05, 3.63) is 63.2 Å². The predicted octanol–water partition coefficient (Wildman–Crippen LogP) is 3.40. The maximum absolute atomic E-state index is 11.0. The number of nitro benzene ring substituents is 1. The van der Waals surface area contributed by atoms with Gasteiger partial charge >= 0.3 is 0 Å². The van der Waals surface area contributed by atoms with E-state index < -0.39 is 11.0 Å². The molecule has 7 heteroatoms. The fourth-order valence-electron chi connectivity index (χ4n) is 1.96. The van der Waals surface area contributed by atoms with E-state index in [0.29, 0.717) is 16.3 Å². The number of nitrogens with zero attached hydrogens (tertiary/aromatic N) is 1. The number of nitro groups is 1. The fraction of sp³-hybridized carbons (Fsp3) is 0.200. The van der Waals surface area contributed by atoms with Crippen LogP contribution in [0.25, 0.3) is 0 Å². The van der Waals surface area contributed by atoms with Crippen molar-refractivity contribution in [3.8, 4) is 5.75 Å². The Morgan fingerprint density at radius 3 is 2.59 bits per heavy atom. The Morgan fingerprint density at radius 2 is 2.00 bits per heavy atom. The minimum absolute atomic E-state index is 0.0914. The number of rotatable bonds is 6. The van der Waals surface area contributed by atoms with Gasteiger partial charge in [-0.05, 0) is 29.8 Å². The third-order valence-corrected chi connectivity index (χ3v) is 3.38. The highest BCUT2D eigenvalue weighted by molar-refractivity contribution is 6.31. The van der Waals surface area contributed by atoms with Crippen molar-refractivity contribution in [1.29, 1.82) is 0 Å². The number of halogens is 1.